The van der Waals surface area contributed by atoms with Gasteiger partial charge in [0.2, 0.25) is 0 Å². The molecule has 0 unspecified atom stereocenters. The zero-order valence-electron chi connectivity index (χ0n) is 69.7. The van der Waals surface area contributed by atoms with Crippen molar-refractivity contribution in [1.29, 1.82) is 0 Å². The van der Waals surface area contributed by atoms with Crippen molar-refractivity contribution < 1.29 is 8.83 Å². The predicted octanol–water partition coefficient (Wildman–Crippen LogP) is 28.5. The lowest BCUT2D eigenvalue weighted by Gasteiger charge is -2.46. The number of anilines is 6. The molecule has 115 heavy (non-hydrogen) atoms. The van der Waals surface area contributed by atoms with Crippen LogP contribution in [0.15, 0.2) is 282 Å². The van der Waals surface area contributed by atoms with Gasteiger partial charge in [-0.1, -0.05) is 288 Å². The molecule has 0 aliphatic carbocycles. The molecule has 0 saturated heterocycles. The first-order valence-electron chi connectivity index (χ1n) is 41.2. The van der Waals surface area contributed by atoms with Crippen LogP contribution >= 0.6 is 0 Å². The fourth-order valence-corrected chi connectivity index (χ4v) is 19.0. The molecule has 0 atom stereocenters. The lowest BCUT2D eigenvalue weighted by Crippen LogP contribution is -2.61. The summed E-state index contributed by atoms with van der Waals surface area (Å²) in [7, 11) is 0. The molecule has 0 amide bonds. The molecule has 2 aliphatic heterocycles. The van der Waals surface area contributed by atoms with E-state index in [0.717, 1.165) is 134 Å². The topological polar surface area (TPSA) is 42.6 Å². The van der Waals surface area contributed by atoms with E-state index >= 15 is 0 Å². The van der Waals surface area contributed by atoms with Crippen molar-refractivity contribution >= 4 is 145 Å². The van der Waals surface area contributed by atoms with E-state index in [1.807, 2.05) is 0 Å². The third kappa shape index (κ3) is 11.3. The fourth-order valence-electron chi connectivity index (χ4n) is 19.0. The van der Waals surface area contributed by atoms with Gasteiger partial charge in [-0.15, -0.1) is 0 Å². The predicted molar refractivity (Wildman–Crippen MR) is 492 cm³/mol. The van der Waals surface area contributed by atoms with E-state index in [-0.39, 0.29) is 39.2 Å². The quantitative estimate of drug-likeness (QED) is 0.149. The third-order valence-electron chi connectivity index (χ3n) is 25.1. The van der Waals surface area contributed by atoms with Gasteiger partial charge in [0.05, 0.1) is 44.2 Å². The molecule has 566 valence electrons. The van der Waals surface area contributed by atoms with Crippen LogP contribution in [0.2, 0.25) is 0 Å². The Labute approximate surface area is 676 Å². The second kappa shape index (κ2) is 25.2. The average molecular weight is 1500 g/mol. The summed E-state index contributed by atoms with van der Waals surface area (Å²) in [6, 6.07) is 105. The van der Waals surface area contributed by atoms with Crippen molar-refractivity contribution in [3.8, 4) is 44.8 Å². The van der Waals surface area contributed by atoms with Crippen LogP contribution in [0.3, 0.4) is 0 Å². The van der Waals surface area contributed by atoms with Gasteiger partial charge in [0, 0.05) is 88.7 Å². The zero-order chi connectivity index (χ0) is 79.6. The van der Waals surface area contributed by atoms with Gasteiger partial charge in [0.25, 0.3) is 6.71 Å². The average Bonchev–Trinajstić information content (AvgIpc) is 1.66. The summed E-state index contributed by atoms with van der Waals surface area (Å²) in [5.74, 6) is 0. The highest BCUT2D eigenvalue weighted by Gasteiger charge is 2.47. The van der Waals surface area contributed by atoms with Crippen LogP contribution in [0, 0.1) is 0 Å². The molecule has 6 heterocycles. The second-order valence-corrected chi connectivity index (χ2v) is 39.0. The maximum atomic E-state index is 7.49. The van der Waals surface area contributed by atoms with Crippen LogP contribution in [0.4, 0.5) is 34.1 Å². The Morgan fingerprint density at radius 2 is 0.583 bits per heavy atom. The first-order chi connectivity index (χ1) is 54.8. The van der Waals surface area contributed by atoms with Crippen molar-refractivity contribution in [1.82, 2.24) is 9.13 Å². The number of para-hydroxylation sites is 2. The maximum absolute atomic E-state index is 7.49. The van der Waals surface area contributed by atoms with Gasteiger partial charge >= 0.3 is 0 Å². The largest absolute Gasteiger partial charge is 0.456 e. The first kappa shape index (κ1) is 71.9. The molecule has 18 aromatic rings. The van der Waals surface area contributed by atoms with E-state index < -0.39 is 0 Å². The summed E-state index contributed by atoms with van der Waals surface area (Å²) < 4.78 is 20.1. The Hall–Kier alpha value is -12.1. The number of hydrogen-bond acceptors (Lipinski definition) is 4. The van der Waals surface area contributed by atoms with Crippen LogP contribution in [0.5, 0.6) is 0 Å². The summed E-state index contributed by atoms with van der Waals surface area (Å²) in [6.07, 6.45) is 0. The zero-order valence-corrected chi connectivity index (χ0v) is 69.7. The minimum atomic E-state index is -0.330. The van der Waals surface area contributed by atoms with Gasteiger partial charge < -0.3 is 27.8 Å². The molecule has 20 rings (SSSR count). The van der Waals surface area contributed by atoms with E-state index in [2.05, 4.69) is 417 Å². The number of fused-ring (bicyclic) bond motifs is 16. The number of aromatic nitrogens is 2. The van der Waals surface area contributed by atoms with Crippen LogP contribution in [0.1, 0.15) is 158 Å². The highest BCUT2D eigenvalue weighted by atomic mass is 16.3. The summed E-state index contributed by atoms with van der Waals surface area (Å²) in [5, 5.41) is 9.24. The standard InChI is InChI=1S/C108H99BN4O2/c1-103(2,3)68-42-50-86-78(56-68)79-57-69(104(4,5)6)43-51-87(79)110(86)72-46-48-84-90(60-72)112(99-76(65-34-24-20-25-35-65)62-82(107(13,14)15)101-96(99)74-38-28-30-40-94(74)114-101)92-54-67(64-32-22-19-23-33-64)55-93-98(92)109(84)85-49-47-73(111-88-52-44-70(105(7,8)9)58-80(88)81-59-71(106(10,11)12)45-53-89(81)111)61-91(85)113(93)100-77(66-36-26-21-27-37-66)63-83(108(16,17)18)102-97(100)75-39-29-31-41-95(75)115-102/h19-63H,1-18H3. The number of nitrogens with zero attached hydrogens (tertiary/aromatic N) is 4. The first-order valence-corrected chi connectivity index (χ1v) is 41.2. The maximum Gasteiger partial charge on any atom is 0.252 e. The molecule has 0 fully saturated rings. The van der Waals surface area contributed by atoms with Crippen molar-refractivity contribution in [2.75, 3.05) is 9.80 Å². The van der Waals surface area contributed by atoms with Crippen LogP contribution in [0.25, 0.3) is 132 Å². The smallest absolute Gasteiger partial charge is 0.252 e. The van der Waals surface area contributed by atoms with Crippen LogP contribution in [-0.2, 0) is 32.5 Å². The Balaban J connectivity index is 0.991. The van der Waals surface area contributed by atoms with Crippen molar-refractivity contribution in [2.24, 2.45) is 0 Å². The molecule has 0 saturated carbocycles. The minimum absolute atomic E-state index is 0.0806. The van der Waals surface area contributed by atoms with Gasteiger partial charge in [0.1, 0.15) is 22.3 Å². The molecule has 0 spiro atoms. The Bertz CT molecular complexity index is 6540. The van der Waals surface area contributed by atoms with Crippen molar-refractivity contribution in [3.05, 3.63) is 306 Å². The third-order valence-corrected chi connectivity index (χ3v) is 25.1. The lowest BCUT2D eigenvalue weighted by atomic mass is 9.33. The highest BCUT2D eigenvalue weighted by Crippen LogP contribution is 2.58. The summed E-state index contributed by atoms with van der Waals surface area (Å²) >= 11 is 0. The Morgan fingerprint density at radius 1 is 0.261 bits per heavy atom. The van der Waals surface area contributed by atoms with E-state index in [9.17, 15) is 0 Å². The SMILES string of the molecule is CC(C)(C)c1ccc2c(c1)c1cc(C(C)(C)C)ccc1n2-c1ccc2c(c1)N(c1c(-c3ccccc3)cc(C(C)(C)C)c3oc4ccccc4c13)c1cc(-c3ccccc3)cc3c1B2c1ccc(-n2c4ccc(C(C)(C)C)cc4c4cc(C(C)(C)C)ccc42)cc1N3c1c(-c2ccccc2)cc(C(C)(C)C)c2oc3ccccc3c12. The molecule has 7 heteroatoms. The fraction of sp³-hybridized carbons (Fsp3) is 0.222. The number of furan rings is 2. The van der Waals surface area contributed by atoms with Gasteiger partial charge in [-0.3, -0.25) is 0 Å². The van der Waals surface area contributed by atoms with Crippen molar-refractivity contribution in [3.63, 3.8) is 0 Å². The van der Waals surface area contributed by atoms with Crippen LogP contribution in [-0.4, -0.2) is 15.8 Å². The van der Waals surface area contributed by atoms with E-state index in [4.69, 9.17) is 8.83 Å². The molecule has 0 N–H and O–H groups in total. The van der Waals surface area contributed by atoms with E-state index in [0.29, 0.717) is 0 Å². The Kier molecular flexibility index (Phi) is 15.8. The molecule has 0 bridgehead atoms. The lowest BCUT2D eigenvalue weighted by molar-refractivity contribution is 0.572. The molecular formula is C108H99BN4O2. The Morgan fingerprint density at radius 3 is 0.913 bits per heavy atom. The van der Waals surface area contributed by atoms with Gasteiger partial charge in [-0.25, -0.2) is 0 Å². The second-order valence-electron chi connectivity index (χ2n) is 39.0. The molecule has 6 nitrogen and oxygen atoms in total. The normalized spacial score (nSPS) is 13.6. The summed E-state index contributed by atoms with van der Waals surface area (Å²) in [5.41, 5.74) is 33.5. The molecule has 2 aliphatic rings. The summed E-state index contributed by atoms with van der Waals surface area (Å²) in [4.78, 5) is 5.42. The minimum Gasteiger partial charge on any atom is -0.456 e. The highest BCUT2D eigenvalue weighted by molar-refractivity contribution is 7.00. The van der Waals surface area contributed by atoms with E-state index in [1.165, 1.54) is 82.3 Å². The molecular weight excluding hydrogens is 1400 g/mol. The molecule has 0 radical (unpaired) electrons. The number of rotatable bonds is 7. The summed E-state index contributed by atoms with van der Waals surface area (Å²) in [6.45, 7) is 41.7. The van der Waals surface area contributed by atoms with Gasteiger partial charge in [-0.05, 0) is 203 Å². The van der Waals surface area contributed by atoms with Crippen molar-refractivity contribution in [2.45, 2.75) is 157 Å². The molecule has 4 aromatic heterocycles. The van der Waals surface area contributed by atoms with Crippen LogP contribution < -0.4 is 26.2 Å². The number of benzene rings is 14. The monoisotopic (exact) mass is 1490 g/mol. The van der Waals surface area contributed by atoms with Gasteiger partial charge in [0.15, 0.2) is 0 Å². The molecule has 14 aromatic carbocycles. The van der Waals surface area contributed by atoms with Gasteiger partial charge in [-0.2, -0.15) is 0 Å². The van der Waals surface area contributed by atoms with E-state index in [1.54, 1.807) is 0 Å². The number of hydrogen-bond donors (Lipinski definition) is 0.